The fourth-order valence-corrected chi connectivity index (χ4v) is 4.37. The Labute approximate surface area is 110 Å². The third kappa shape index (κ3) is 2.00. The second kappa shape index (κ2) is 4.19. The van der Waals surface area contributed by atoms with Crippen LogP contribution in [-0.4, -0.2) is 47.3 Å². The van der Waals surface area contributed by atoms with Gasteiger partial charge in [-0.25, -0.2) is 0 Å². The molecule has 18 heavy (non-hydrogen) atoms. The van der Waals surface area contributed by atoms with E-state index in [1.807, 2.05) is 0 Å². The summed E-state index contributed by atoms with van der Waals surface area (Å²) in [5, 5.41) is 13.8. The molecule has 102 valence electrons. The second-order valence-corrected chi connectivity index (χ2v) is 7.27. The van der Waals surface area contributed by atoms with Gasteiger partial charge in [0.2, 0.25) is 0 Å². The second-order valence-electron chi connectivity index (χ2n) is 7.27. The van der Waals surface area contributed by atoms with Crippen molar-refractivity contribution in [2.24, 2.45) is 11.8 Å². The smallest absolute Gasteiger partial charge is 0.0628 e. The van der Waals surface area contributed by atoms with Crippen LogP contribution in [0.1, 0.15) is 44.9 Å². The minimum Gasteiger partial charge on any atom is -0.394 e. The first-order chi connectivity index (χ1) is 8.79. The van der Waals surface area contributed by atoms with Gasteiger partial charge in [-0.15, -0.1) is 0 Å². The lowest BCUT2D eigenvalue weighted by Crippen LogP contribution is -2.59. The minimum atomic E-state index is 0.0334. The van der Waals surface area contributed by atoms with Crippen LogP contribution in [0.25, 0.3) is 0 Å². The van der Waals surface area contributed by atoms with Crippen molar-refractivity contribution in [1.29, 1.82) is 0 Å². The molecule has 0 radical (unpaired) electrons. The SMILES string of the molecule is OCC(CN1CC2CCC1C2)(NC1CC1)C1CC1. The summed E-state index contributed by atoms with van der Waals surface area (Å²) in [5.41, 5.74) is 0.0334. The van der Waals surface area contributed by atoms with E-state index in [9.17, 15) is 5.11 Å². The van der Waals surface area contributed by atoms with Gasteiger partial charge in [0, 0.05) is 25.2 Å². The lowest BCUT2D eigenvalue weighted by Gasteiger charge is -2.40. The summed E-state index contributed by atoms with van der Waals surface area (Å²) in [6, 6.07) is 1.54. The van der Waals surface area contributed by atoms with Crippen molar-refractivity contribution >= 4 is 0 Å². The highest BCUT2D eigenvalue weighted by Crippen LogP contribution is 2.44. The molecule has 1 saturated heterocycles. The quantitative estimate of drug-likeness (QED) is 0.747. The zero-order valence-corrected chi connectivity index (χ0v) is 11.3. The molecule has 0 spiro atoms. The molecule has 3 unspecified atom stereocenters. The number of nitrogens with zero attached hydrogens (tertiary/aromatic N) is 1. The maximum atomic E-state index is 10.0. The van der Waals surface area contributed by atoms with Gasteiger partial charge in [0.25, 0.3) is 0 Å². The van der Waals surface area contributed by atoms with E-state index in [0.717, 1.165) is 24.4 Å². The van der Waals surface area contributed by atoms with Crippen molar-refractivity contribution in [3.05, 3.63) is 0 Å². The number of aliphatic hydroxyl groups excluding tert-OH is 1. The molecule has 4 aliphatic rings. The van der Waals surface area contributed by atoms with E-state index >= 15 is 0 Å². The summed E-state index contributed by atoms with van der Waals surface area (Å²) in [7, 11) is 0. The van der Waals surface area contributed by atoms with E-state index in [2.05, 4.69) is 10.2 Å². The van der Waals surface area contributed by atoms with Gasteiger partial charge in [-0.2, -0.15) is 0 Å². The van der Waals surface area contributed by atoms with Gasteiger partial charge < -0.3 is 10.4 Å². The Morgan fingerprint density at radius 2 is 1.94 bits per heavy atom. The number of piperidine rings is 1. The molecule has 0 aromatic carbocycles. The van der Waals surface area contributed by atoms with Crippen molar-refractivity contribution in [1.82, 2.24) is 10.2 Å². The van der Waals surface area contributed by atoms with E-state index in [-0.39, 0.29) is 5.54 Å². The molecule has 3 nitrogen and oxygen atoms in total. The van der Waals surface area contributed by atoms with Crippen LogP contribution in [0.4, 0.5) is 0 Å². The highest BCUT2D eigenvalue weighted by molar-refractivity contribution is 5.08. The third-order valence-electron chi connectivity index (χ3n) is 5.72. The van der Waals surface area contributed by atoms with Crippen LogP contribution in [0, 0.1) is 11.8 Å². The predicted molar refractivity (Wildman–Crippen MR) is 71.4 cm³/mol. The molecule has 0 amide bonds. The van der Waals surface area contributed by atoms with Crippen LogP contribution in [0.2, 0.25) is 0 Å². The van der Waals surface area contributed by atoms with E-state index in [1.54, 1.807) is 0 Å². The summed E-state index contributed by atoms with van der Waals surface area (Å²) in [5.74, 6) is 1.70. The number of hydrogen-bond donors (Lipinski definition) is 2. The van der Waals surface area contributed by atoms with Crippen LogP contribution in [0.3, 0.4) is 0 Å². The van der Waals surface area contributed by atoms with E-state index < -0.39 is 0 Å². The van der Waals surface area contributed by atoms with E-state index in [1.165, 1.54) is 51.5 Å². The zero-order chi connectivity index (χ0) is 12.2. The average molecular weight is 250 g/mol. The highest BCUT2D eigenvalue weighted by atomic mass is 16.3. The normalized spacial score (nSPS) is 39.2. The lowest BCUT2D eigenvalue weighted by molar-refractivity contribution is 0.0746. The van der Waals surface area contributed by atoms with Gasteiger partial charge in [0.15, 0.2) is 0 Å². The largest absolute Gasteiger partial charge is 0.394 e. The average Bonchev–Trinajstić information content (AvgIpc) is 3.29. The maximum Gasteiger partial charge on any atom is 0.0628 e. The van der Waals surface area contributed by atoms with E-state index in [0.29, 0.717) is 12.6 Å². The van der Waals surface area contributed by atoms with Crippen molar-refractivity contribution in [3.8, 4) is 0 Å². The molecule has 0 aromatic heterocycles. The standard InChI is InChI=1S/C15H26N2O/c18-10-15(12-2-3-12,16-13-4-5-13)9-17-8-11-1-6-14(17)7-11/h11-14,16,18H,1-10H2. The molecule has 3 atom stereocenters. The van der Waals surface area contributed by atoms with Crippen molar-refractivity contribution in [2.45, 2.75) is 62.6 Å². The van der Waals surface area contributed by atoms with Crippen LogP contribution in [0.15, 0.2) is 0 Å². The molecule has 3 saturated carbocycles. The maximum absolute atomic E-state index is 10.0. The Balaban J connectivity index is 1.47. The molecule has 0 aromatic rings. The number of nitrogens with one attached hydrogen (secondary N) is 1. The fraction of sp³-hybridized carbons (Fsp3) is 1.00. The summed E-state index contributed by atoms with van der Waals surface area (Å²) in [4.78, 5) is 2.69. The molecule has 2 bridgehead atoms. The Morgan fingerprint density at radius 3 is 2.44 bits per heavy atom. The van der Waals surface area contributed by atoms with Crippen molar-refractivity contribution in [3.63, 3.8) is 0 Å². The van der Waals surface area contributed by atoms with Gasteiger partial charge in [-0.3, -0.25) is 4.90 Å². The first-order valence-electron chi connectivity index (χ1n) is 7.92. The van der Waals surface area contributed by atoms with Crippen molar-refractivity contribution < 1.29 is 5.11 Å². The van der Waals surface area contributed by atoms with E-state index in [4.69, 9.17) is 0 Å². The summed E-state index contributed by atoms with van der Waals surface area (Å²) in [6.07, 6.45) is 9.56. The monoisotopic (exact) mass is 250 g/mol. The third-order valence-corrected chi connectivity index (χ3v) is 5.72. The number of hydrogen-bond acceptors (Lipinski definition) is 3. The van der Waals surface area contributed by atoms with Gasteiger partial charge in [0.05, 0.1) is 12.1 Å². The van der Waals surface area contributed by atoms with Crippen LogP contribution < -0.4 is 5.32 Å². The number of fused-ring (bicyclic) bond motifs is 2. The number of rotatable bonds is 6. The molecule has 1 heterocycles. The molecule has 1 aliphatic heterocycles. The number of aliphatic hydroxyl groups is 1. The van der Waals surface area contributed by atoms with Crippen molar-refractivity contribution in [2.75, 3.05) is 19.7 Å². The van der Waals surface area contributed by atoms with Crippen LogP contribution in [-0.2, 0) is 0 Å². The fourth-order valence-electron chi connectivity index (χ4n) is 4.37. The summed E-state index contributed by atoms with van der Waals surface area (Å²) < 4.78 is 0. The molecule has 3 aliphatic carbocycles. The van der Waals surface area contributed by atoms with Gasteiger partial charge in [0.1, 0.15) is 0 Å². The Bertz CT molecular complexity index is 326. The predicted octanol–water partition coefficient (Wildman–Crippen LogP) is 1.36. The van der Waals surface area contributed by atoms with Gasteiger partial charge in [-0.1, -0.05) is 0 Å². The van der Waals surface area contributed by atoms with Gasteiger partial charge in [-0.05, 0) is 56.8 Å². The topological polar surface area (TPSA) is 35.5 Å². The summed E-state index contributed by atoms with van der Waals surface area (Å²) >= 11 is 0. The molecule has 4 fully saturated rings. The lowest BCUT2D eigenvalue weighted by atomic mass is 9.92. The molecule has 3 heteroatoms. The van der Waals surface area contributed by atoms with Gasteiger partial charge >= 0.3 is 0 Å². The molecular weight excluding hydrogens is 224 g/mol. The highest BCUT2D eigenvalue weighted by Gasteiger charge is 2.50. The first kappa shape index (κ1) is 11.7. The zero-order valence-electron chi connectivity index (χ0n) is 11.3. The Kier molecular flexibility index (Phi) is 2.72. The summed E-state index contributed by atoms with van der Waals surface area (Å²) in [6.45, 7) is 2.74. The van der Waals surface area contributed by atoms with Crippen LogP contribution >= 0.6 is 0 Å². The van der Waals surface area contributed by atoms with Crippen LogP contribution in [0.5, 0.6) is 0 Å². The minimum absolute atomic E-state index is 0.0334. The molecular formula is C15H26N2O. The first-order valence-corrected chi connectivity index (χ1v) is 7.92. The Morgan fingerprint density at radius 1 is 1.11 bits per heavy atom. The molecule has 2 N–H and O–H groups in total. The molecule has 4 rings (SSSR count). The number of likely N-dealkylation sites (tertiary alicyclic amines) is 1. The Hall–Kier alpha value is -0.120.